The van der Waals surface area contributed by atoms with Crippen LogP contribution in [-0.4, -0.2) is 57.4 Å². The van der Waals surface area contributed by atoms with Crippen molar-refractivity contribution in [2.24, 2.45) is 0 Å². The number of carbonyl (C=O) groups excluding carboxylic acids is 1. The standard InChI is InChI=1S/C25H24N4O4S2.C2H6/c1-26-17-8-10-18(11-9-17)35(32,33)23-22(19-5-2-3-6-20(19)27-24(23)30)28-12-14-29(15-13-28)25(31)21-7-4-16-34-21;1-2/h2-11,16,26H,12-15H2,1H3,(H,27,30);1-2H3. The molecule has 1 amide bonds. The molecule has 1 aliphatic rings. The van der Waals surface area contributed by atoms with E-state index >= 15 is 0 Å². The lowest BCUT2D eigenvalue weighted by molar-refractivity contribution is 0.0751. The number of nitrogens with one attached hydrogen (secondary N) is 2. The quantitative estimate of drug-likeness (QED) is 0.389. The Hall–Kier alpha value is -3.63. The van der Waals surface area contributed by atoms with Gasteiger partial charge in [0, 0.05) is 44.3 Å². The van der Waals surface area contributed by atoms with Crippen molar-refractivity contribution in [2.45, 2.75) is 23.6 Å². The number of nitrogens with zero attached hydrogens (tertiary/aromatic N) is 2. The van der Waals surface area contributed by atoms with E-state index in [0.29, 0.717) is 47.6 Å². The van der Waals surface area contributed by atoms with Gasteiger partial charge in [-0.1, -0.05) is 38.1 Å². The molecule has 3 heterocycles. The maximum absolute atomic E-state index is 13.8. The van der Waals surface area contributed by atoms with Crippen molar-refractivity contribution in [1.82, 2.24) is 9.88 Å². The lowest BCUT2D eigenvalue weighted by Crippen LogP contribution is -2.49. The fourth-order valence-electron chi connectivity index (χ4n) is 4.38. The molecular weight excluding hydrogens is 508 g/mol. The van der Waals surface area contributed by atoms with E-state index in [4.69, 9.17) is 0 Å². The normalized spacial score (nSPS) is 13.7. The third kappa shape index (κ3) is 5.12. The highest BCUT2D eigenvalue weighted by atomic mass is 32.2. The number of aromatic amines is 1. The summed E-state index contributed by atoms with van der Waals surface area (Å²) < 4.78 is 27.5. The molecule has 0 aliphatic carbocycles. The molecule has 1 fully saturated rings. The SMILES string of the molecule is CC.CNc1ccc(S(=O)(=O)c2c(N3CCN(C(=O)c4cccs4)CC3)c3ccccc3[nH]c2=O)cc1. The number of anilines is 2. The van der Waals surface area contributed by atoms with Crippen molar-refractivity contribution in [3.8, 4) is 0 Å². The Balaban J connectivity index is 0.00000156. The lowest BCUT2D eigenvalue weighted by atomic mass is 10.1. The molecule has 1 saturated heterocycles. The summed E-state index contributed by atoms with van der Waals surface area (Å²) in [5, 5.41) is 5.48. The smallest absolute Gasteiger partial charge is 0.269 e. The van der Waals surface area contributed by atoms with Gasteiger partial charge in [0.1, 0.15) is 0 Å². The van der Waals surface area contributed by atoms with E-state index in [1.807, 2.05) is 42.3 Å². The first-order valence-corrected chi connectivity index (χ1v) is 14.5. The zero-order valence-corrected chi connectivity index (χ0v) is 22.7. The monoisotopic (exact) mass is 538 g/mol. The predicted octanol–water partition coefficient (Wildman–Crippen LogP) is 4.45. The zero-order chi connectivity index (χ0) is 26.6. The first-order valence-electron chi connectivity index (χ1n) is 12.2. The number of fused-ring (bicyclic) bond motifs is 1. The zero-order valence-electron chi connectivity index (χ0n) is 21.0. The van der Waals surface area contributed by atoms with E-state index < -0.39 is 15.4 Å². The Morgan fingerprint density at radius 3 is 2.24 bits per heavy atom. The summed E-state index contributed by atoms with van der Waals surface area (Å²) in [7, 11) is -2.37. The van der Waals surface area contributed by atoms with Crippen LogP contribution < -0.4 is 15.8 Å². The Labute approximate surface area is 220 Å². The molecule has 2 N–H and O–H groups in total. The third-order valence-electron chi connectivity index (χ3n) is 6.19. The van der Waals surface area contributed by atoms with Crippen molar-refractivity contribution in [3.63, 3.8) is 0 Å². The molecule has 0 unspecified atom stereocenters. The van der Waals surface area contributed by atoms with Crippen LogP contribution in [0.5, 0.6) is 0 Å². The third-order valence-corrected chi connectivity index (χ3v) is 8.86. The Morgan fingerprint density at radius 2 is 1.62 bits per heavy atom. The molecule has 0 saturated carbocycles. The maximum Gasteiger partial charge on any atom is 0.269 e. The Bertz CT molecular complexity index is 1540. The average molecular weight is 539 g/mol. The van der Waals surface area contributed by atoms with Gasteiger partial charge in [0.15, 0.2) is 4.90 Å². The van der Waals surface area contributed by atoms with Gasteiger partial charge in [-0.05, 0) is 41.8 Å². The molecule has 2 aromatic carbocycles. The van der Waals surface area contributed by atoms with Crippen molar-refractivity contribution >= 4 is 49.4 Å². The van der Waals surface area contributed by atoms with Gasteiger partial charge >= 0.3 is 0 Å². The number of piperazine rings is 1. The largest absolute Gasteiger partial charge is 0.388 e. The van der Waals surface area contributed by atoms with Gasteiger partial charge in [0.05, 0.1) is 21.0 Å². The first-order chi connectivity index (χ1) is 17.9. The van der Waals surface area contributed by atoms with E-state index in [-0.39, 0.29) is 15.7 Å². The molecule has 2 aromatic heterocycles. The van der Waals surface area contributed by atoms with Crippen LogP contribution >= 0.6 is 11.3 Å². The van der Waals surface area contributed by atoms with Crippen molar-refractivity contribution in [2.75, 3.05) is 43.4 Å². The second kappa shape index (κ2) is 11.2. The molecule has 1 aliphatic heterocycles. The minimum Gasteiger partial charge on any atom is -0.388 e. The van der Waals surface area contributed by atoms with Crippen molar-refractivity contribution < 1.29 is 13.2 Å². The van der Waals surface area contributed by atoms with E-state index in [0.717, 1.165) is 5.69 Å². The predicted molar refractivity (Wildman–Crippen MR) is 150 cm³/mol. The lowest BCUT2D eigenvalue weighted by Gasteiger charge is -2.37. The summed E-state index contributed by atoms with van der Waals surface area (Å²) in [6.07, 6.45) is 0. The van der Waals surface area contributed by atoms with Crippen LogP contribution in [0.4, 0.5) is 11.4 Å². The Kier molecular flexibility index (Phi) is 7.99. The highest BCUT2D eigenvalue weighted by Gasteiger charge is 2.32. The number of amides is 1. The van der Waals surface area contributed by atoms with Crippen LogP contribution in [0.25, 0.3) is 10.9 Å². The number of H-pyrrole nitrogens is 1. The molecule has 194 valence electrons. The summed E-state index contributed by atoms with van der Waals surface area (Å²) in [6.45, 7) is 5.67. The summed E-state index contributed by atoms with van der Waals surface area (Å²) in [4.78, 5) is 32.9. The van der Waals surface area contributed by atoms with Crippen LogP contribution in [0.15, 0.2) is 80.6 Å². The molecule has 0 atom stereocenters. The molecular formula is C27H30N4O4S2. The minimum absolute atomic E-state index is 0.0344. The number of sulfone groups is 1. The molecule has 0 bridgehead atoms. The number of pyridine rings is 1. The minimum atomic E-state index is -4.12. The van der Waals surface area contributed by atoms with Gasteiger partial charge in [-0.2, -0.15) is 0 Å². The molecule has 37 heavy (non-hydrogen) atoms. The van der Waals surface area contributed by atoms with E-state index in [9.17, 15) is 18.0 Å². The second-order valence-electron chi connectivity index (χ2n) is 8.21. The number of hydrogen-bond acceptors (Lipinski definition) is 7. The summed E-state index contributed by atoms with van der Waals surface area (Å²) in [6, 6.07) is 17.2. The van der Waals surface area contributed by atoms with E-state index in [1.165, 1.54) is 23.5 Å². The number of rotatable bonds is 5. The van der Waals surface area contributed by atoms with Gasteiger partial charge in [-0.15, -0.1) is 11.3 Å². The molecule has 4 aromatic rings. The molecule has 10 heteroatoms. The topological polar surface area (TPSA) is 103 Å². The maximum atomic E-state index is 13.8. The highest BCUT2D eigenvalue weighted by molar-refractivity contribution is 7.91. The fraction of sp³-hybridized carbons (Fsp3) is 0.259. The van der Waals surface area contributed by atoms with Gasteiger partial charge < -0.3 is 20.1 Å². The molecule has 0 spiro atoms. The van der Waals surface area contributed by atoms with Crippen LogP contribution in [0.1, 0.15) is 23.5 Å². The number of carbonyl (C=O) groups is 1. The molecule has 8 nitrogen and oxygen atoms in total. The highest BCUT2D eigenvalue weighted by Crippen LogP contribution is 2.34. The van der Waals surface area contributed by atoms with Crippen LogP contribution in [0.2, 0.25) is 0 Å². The van der Waals surface area contributed by atoms with E-state index in [2.05, 4.69) is 10.3 Å². The number of para-hydroxylation sites is 1. The van der Waals surface area contributed by atoms with Crippen LogP contribution in [0, 0.1) is 0 Å². The van der Waals surface area contributed by atoms with Gasteiger partial charge in [-0.3, -0.25) is 9.59 Å². The summed E-state index contributed by atoms with van der Waals surface area (Å²) >= 11 is 1.40. The van der Waals surface area contributed by atoms with Gasteiger partial charge in [0.2, 0.25) is 9.84 Å². The van der Waals surface area contributed by atoms with Crippen LogP contribution in [0.3, 0.4) is 0 Å². The Morgan fingerprint density at radius 1 is 0.946 bits per heavy atom. The van der Waals surface area contributed by atoms with Gasteiger partial charge in [0.25, 0.3) is 11.5 Å². The van der Waals surface area contributed by atoms with Crippen molar-refractivity contribution in [3.05, 3.63) is 81.3 Å². The average Bonchev–Trinajstić information content (AvgIpc) is 3.48. The van der Waals surface area contributed by atoms with Crippen LogP contribution in [-0.2, 0) is 9.84 Å². The summed E-state index contributed by atoms with van der Waals surface area (Å²) in [5.41, 5.74) is 1.05. The van der Waals surface area contributed by atoms with E-state index in [1.54, 1.807) is 42.3 Å². The number of aromatic nitrogens is 1. The molecule has 0 radical (unpaired) electrons. The molecule has 5 rings (SSSR count). The first kappa shape index (κ1) is 26.4. The number of hydrogen-bond donors (Lipinski definition) is 2. The second-order valence-corrected chi connectivity index (χ2v) is 11.0. The fourth-order valence-corrected chi connectivity index (χ4v) is 6.59. The van der Waals surface area contributed by atoms with Gasteiger partial charge in [-0.25, -0.2) is 8.42 Å². The van der Waals surface area contributed by atoms with Crippen molar-refractivity contribution in [1.29, 1.82) is 0 Å². The number of benzene rings is 2. The number of thiophene rings is 1. The summed E-state index contributed by atoms with van der Waals surface area (Å²) in [5.74, 6) is -0.0344.